The Bertz CT molecular complexity index is 1070. The Morgan fingerprint density at radius 3 is 3.00 bits per heavy atom. The molecule has 2 heterocycles. The fourth-order valence-electron chi connectivity index (χ4n) is 2.96. The molecule has 5 nitrogen and oxygen atoms in total. The van der Waals surface area contributed by atoms with Crippen molar-refractivity contribution in [3.05, 3.63) is 65.0 Å². The Hall–Kier alpha value is -3.26. The van der Waals surface area contributed by atoms with Crippen LogP contribution in [0.4, 0.5) is 13.9 Å². The number of nitrogens with one attached hydrogen (secondary N) is 1. The first kappa shape index (κ1) is 19.1. The third-order valence-electron chi connectivity index (χ3n) is 4.25. The highest BCUT2D eigenvalue weighted by atomic mass is 32.1. The fourth-order valence-corrected chi connectivity index (χ4v) is 3.67. The van der Waals surface area contributed by atoms with Gasteiger partial charge in [0.25, 0.3) is 0 Å². The van der Waals surface area contributed by atoms with E-state index in [4.69, 9.17) is 4.74 Å². The summed E-state index contributed by atoms with van der Waals surface area (Å²) in [5, 5.41) is 4.72. The van der Waals surface area contributed by atoms with Crippen LogP contribution >= 0.6 is 11.3 Å². The maximum atomic E-state index is 12.6. The van der Waals surface area contributed by atoms with E-state index in [2.05, 4.69) is 15.0 Å². The summed E-state index contributed by atoms with van der Waals surface area (Å²) in [6.45, 7) is -2.24. The number of anilines is 1. The molecule has 1 aliphatic rings. The molecule has 3 aromatic rings. The molecule has 148 valence electrons. The number of thiazole rings is 1. The molecule has 0 saturated carbocycles. The number of benzene rings is 2. The van der Waals surface area contributed by atoms with Gasteiger partial charge < -0.3 is 9.47 Å². The number of fused-ring (bicyclic) bond motifs is 1. The number of carbonyl (C=O) groups is 1. The lowest BCUT2D eigenvalue weighted by Gasteiger charge is -2.08. The second-order valence-electron chi connectivity index (χ2n) is 6.20. The van der Waals surface area contributed by atoms with Gasteiger partial charge in [0, 0.05) is 23.4 Å². The second-order valence-corrected chi connectivity index (χ2v) is 7.06. The Labute approximate surface area is 169 Å². The van der Waals surface area contributed by atoms with E-state index in [1.54, 1.807) is 29.7 Å². The van der Waals surface area contributed by atoms with Crippen molar-refractivity contribution in [1.82, 2.24) is 4.98 Å². The Morgan fingerprint density at radius 1 is 1.28 bits per heavy atom. The number of rotatable bonds is 6. The number of amides is 1. The molecule has 0 radical (unpaired) electrons. The minimum Gasteiger partial charge on any atom is -0.493 e. The van der Waals surface area contributed by atoms with Gasteiger partial charge in [-0.3, -0.25) is 10.1 Å². The summed E-state index contributed by atoms with van der Waals surface area (Å²) >= 11 is 1.20. The lowest BCUT2D eigenvalue weighted by molar-refractivity contribution is -0.111. The molecule has 0 fully saturated rings. The maximum Gasteiger partial charge on any atom is 0.387 e. The number of hydrogen-bond donors (Lipinski definition) is 1. The molecule has 0 saturated heterocycles. The molecule has 29 heavy (non-hydrogen) atoms. The van der Waals surface area contributed by atoms with Crippen LogP contribution in [0.3, 0.4) is 0 Å². The van der Waals surface area contributed by atoms with Crippen molar-refractivity contribution < 1.29 is 23.0 Å². The van der Waals surface area contributed by atoms with Gasteiger partial charge in [-0.2, -0.15) is 8.78 Å². The van der Waals surface area contributed by atoms with Gasteiger partial charge in [-0.15, -0.1) is 11.3 Å². The lowest BCUT2D eigenvalue weighted by Crippen LogP contribution is -2.07. The number of para-hydroxylation sites is 1. The Kier molecular flexibility index (Phi) is 5.53. The zero-order chi connectivity index (χ0) is 20.2. The first-order chi connectivity index (χ1) is 14.1. The monoisotopic (exact) mass is 414 g/mol. The zero-order valence-electron chi connectivity index (χ0n) is 15.1. The number of ether oxygens (including phenoxy) is 2. The summed E-state index contributed by atoms with van der Waals surface area (Å²) in [7, 11) is 0. The first-order valence-electron chi connectivity index (χ1n) is 8.83. The smallest absolute Gasteiger partial charge is 0.387 e. The van der Waals surface area contributed by atoms with E-state index in [9.17, 15) is 13.6 Å². The van der Waals surface area contributed by atoms with Gasteiger partial charge in [-0.25, -0.2) is 4.98 Å². The van der Waals surface area contributed by atoms with Crippen LogP contribution in [0.25, 0.3) is 17.3 Å². The van der Waals surface area contributed by atoms with E-state index in [1.807, 2.05) is 18.2 Å². The van der Waals surface area contributed by atoms with Gasteiger partial charge in [0.15, 0.2) is 5.13 Å². The molecule has 0 unspecified atom stereocenters. The number of hydrogen-bond acceptors (Lipinski definition) is 5. The molecule has 4 rings (SSSR count). The van der Waals surface area contributed by atoms with Crippen LogP contribution in [-0.2, 0) is 11.2 Å². The predicted octanol–water partition coefficient (Wildman–Crippen LogP) is 5.00. The summed E-state index contributed by atoms with van der Waals surface area (Å²) in [5.74, 6) is 0.587. The summed E-state index contributed by atoms with van der Waals surface area (Å²) in [4.78, 5) is 16.5. The van der Waals surface area contributed by atoms with Gasteiger partial charge >= 0.3 is 6.61 Å². The standard InChI is InChI=1S/C21H16F2N2O3S/c22-20(23)28-18-4-2-1-3-15(18)16-12-29-21(24-16)25-19(26)8-6-13-5-7-17-14(11-13)9-10-27-17/h1-8,11-12,20H,9-10H2,(H,24,25,26)/b8-6+. The van der Waals surface area contributed by atoms with E-state index in [1.165, 1.54) is 23.5 Å². The number of aromatic nitrogens is 1. The Morgan fingerprint density at radius 2 is 2.14 bits per heavy atom. The molecule has 0 bridgehead atoms. The highest BCUT2D eigenvalue weighted by Crippen LogP contribution is 2.33. The maximum absolute atomic E-state index is 12.6. The number of nitrogens with zero attached hydrogens (tertiary/aromatic N) is 1. The van der Waals surface area contributed by atoms with Crippen LogP contribution in [0.15, 0.2) is 53.9 Å². The zero-order valence-corrected chi connectivity index (χ0v) is 15.9. The van der Waals surface area contributed by atoms with E-state index in [-0.39, 0.29) is 11.7 Å². The van der Waals surface area contributed by atoms with Crippen molar-refractivity contribution in [2.24, 2.45) is 0 Å². The normalized spacial score (nSPS) is 12.8. The number of halogens is 2. The second kappa shape index (κ2) is 8.40. The van der Waals surface area contributed by atoms with Crippen LogP contribution in [0, 0.1) is 0 Å². The van der Waals surface area contributed by atoms with E-state index < -0.39 is 6.61 Å². The van der Waals surface area contributed by atoms with E-state index >= 15 is 0 Å². The van der Waals surface area contributed by atoms with Crippen LogP contribution in [0.1, 0.15) is 11.1 Å². The molecule has 0 atom stereocenters. The fraction of sp³-hybridized carbons (Fsp3) is 0.143. The molecule has 1 amide bonds. The SMILES string of the molecule is O=C(/C=C/c1ccc2c(c1)CCO2)Nc1nc(-c2ccccc2OC(F)F)cs1. The third-order valence-corrected chi connectivity index (χ3v) is 5.01. The Balaban J connectivity index is 1.43. The van der Waals surface area contributed by atoms with Crippen molar-refractivity contribution in [1.29, 1.82) is 0 Å². The molecule has 0 spiro atoms. The third kappa shape index (κ3) is 4.60. The van der Waals surface area contributed by atoms with Crippen LogP contribution < -0.4 is 14.8 Å². The van der Waals surface area contributed by atoms with Crippen LogP contribution in [-0.4, -0.2) is 24.1 Å². The van der Waals surface area contributed by atoms with E-state index in [0.29, 0.717) is 23.0 Å². The molecule has 1 N–H and O–H groups in total. The van der Waals surface area contributed by atoms with Gasteiger partial charge in [0.2, 0.25) is 5.91 Å². The summed E-state index contributed by atoms with van der Waals surface area (Å²) < 4.78 is 35.2. The van der Waals surface area contributed by atoms with Gasteiger partial charge in [-0.05, 0) is 41.5 Å². The number of carbonyl (C=O) groups excluding carboxylic acids is 1. The van der Waals surface area contributed by atoms with Crippen molar-refractivity contribution in [2.75, 3.05) is 11.9 Å². The average Bonchev–Trinajstić information content (AvgIpc) is 3.35. The largest absolute Gasteiger partial charge is 0.493 e. The molecular formula is C21H16F2N2O3S. The average molecular weight is 414 g/mol. The summed E-state index contributed by atoms with van der Waals surface area (Å²) in [6.07, 6.45) is 4.00. The van der Waals surface area contributed by atoms with Crippen molar-refractivity contribution >= 4 is 28.5 Å². The molecule has 8 heteroatoms. The minimum absolute atomic E-state index is 0.0335. The summed E-state index contributed by atoms with van der Waals surface area (Å²) in [5.41, 5.74) is 2.91. The lowest BCUT2D eigenvalue weighted by atomic mass is 10.1. The first-order valence-corrected chi connectivity index (χ1v) is 9.71. The van der Waals surface area contributed by atoms with Gasteiger partial charge in [0.1, 0.15) is 11.5 Å². The number of alkyl halides is 2. The van der Waals surface area contributed by atoms with Gasteiger partial charge in [0.05, 0.1) is 12.3 Å². The molecule has 1 aliphatic heterocycles. The summed E-state index contributed by atoms with van der Waals surface area (Å²) in [6, 6.07) is 12.2. The van der Waals surface area contributed by atoms with Crippen molar-refractivity contribution in [2.45, 2.75) is 13.0 Å². The molecular weight excluding hydrogens is 398 g/mol. The molecule has 2 aromatic carbocycles. The quantitative estimate of drug-likeness (QED) is 0.577. The van der Waals surface area contributed by atoms with Crippen molar-refractivity contribution in [3.63, 3.8) is 0 Å². The van der Waals surface area contributed by atoms with Crippen LogP contribution in [0.5, 0.6) is 11.5 Å². The molecule has 0 aliphatic carbocycles. The van der Waals surface area contributed by atoms with Crippen molar-refractivity contribution in [3.8, 4) is 22.8 Å². The van der Waals surface area contributed by atoms with Gasteiger partial charge in [-0.1, -0.05) is 18.2 Å². The topological polar surface area (TPSA) is 60.5 Å². The predicted molar refractivity (Wildman–Crippen MR) is 107 cm³/mol. The highest BCUT2D eigenvalue weighted by molar-refractivity contribution is 7.14. The van der Waals surface area contributed by atoms with E-state index in [0.717, 1.165) is 23.3 Å². The van der Waals surface area contributed by atoms with Crippen LogP contribution in [0.2, 0.25) is 0 Å². The highest BCUT2D eigenvalue weighted by Gasteiger charge is 2.14. The molecule has 1 aromatic heterocycles. The minimum atomic E-state index is -2.93.